The van der Waals surface area contributed by atoms with E-state index in [1.807, 2.05) is 103 Å². The van der Waals surface area contributed by atoms with Gasteiger partial charge >= 0.3 is 5.97 Å². The standard InChI is InChI=1S/C23H22N2O2/c1-2-21(22(23(26)27)24-18-12-6-3-7-13-18)25(19-14-8-4-9-15-19)20-16-10-5-11-17-20/h3-17,24H,2H2,1H3,(H,26,27). The van der Waals surface area contributed by atoms with Crippen LogP contribution in [0.5, 0.6) is 0 Å². The minimum absolute atomic E-state index is 0.163. The van der Waals surface area contributed by atoms with E-state index in [1.165, 1.54) is 0 Å². The zero-order valence-electron chi connectivity index (χ0n) is 15.2. The second kappa shape index (κ2) is 8.72. The Morgan fingerprint density at radius 2 is 1.26 bits per heavy atom. The molecule has 0 atom stereocenters. The fourth-order valence-electron chi connectivity index (χ4n) is 2.98. The molecule has 0 aliphatic carbocycles. The normalized spacial score (nSPS) is 11.4. The van der Waals surface area contributed by atoms with Crippen LogP contribution in [0, 0.1) is 0 Å². The molecule has 136 valence electrons. The van der Waals surface area contributed by atoms with Crippen molar-refractivity contribution in [1.82, 2.24) is 0 Å². The first kappa shape index (κ1) is 18.3. The maximum Gasteiger partial charge on any atom is 0.354 e. The van der Waals surface area contributed by atoms with Crippen LogP contribution >= 0.6 is 0 Å². The summed E-state index contributed by atoms with van der Waals surface area (Å²) in [5.41, 5.74) is 3.41. The van der Waals surface area contributed by atoms with Gasteiger partial charge in [-0.2, -0.15) is 0 Å². The lowest BCUT2D eigenvalue weighted by Gasteiger charge is -2.29. The van der Waals surface area contributed by atoms with Crippen molar-refractivity contribution in [3.05, 3.63) is 102 Å². The Balaban J connectivity index is 2.16. The molecule has 0 aromatic heterocycles. The Hall–Kier alpha value is -3.53. The summed E-state index contributed by atoms with van der Waals surface area (Å²) in [5, 5.41) is 13.0. The van der Waals surface area contributed by atoms with E-state index >= 15 is 0 Å². The van der Waals surface area contributed by atoms with Gasteiger partial charge in [-0.25, -0.2) is 4.79 Å². The molecule has 0 bridgehead atoms. The third-order valence-corrected chi connectivity index (χ3v) is 4.18. The van der Waals surface area contributed by atoms with Crippen molar-refractivity contribution < 1.29 is 9.90 Å². The van der Waals surface area contributed by atoms with Gasteiger partial charge < -0.3 is 15.3 Å². The number of para-hydroxylation sites is 3. The summed E-state index contributed by atoms with van der Waals surface area (Å²) in [6, 6.07) is 28.9. The van der Waals surface area contributed by atoms with E-state index < -0.39 is 5.97 Å². The predicted octanol–water partition coefficient (Wildman–Crippen LogP) is 5.64. The van der Waals surface area contributed by atoms with Crippen molar-refractivity contribution in [2.45, 2.75) is 13.3 Å². The Morgan fingerprint density at radius 1 is 0.815 bits per heavy atom. The molecule has 0 aliphatic rings. The molecule has 4 heteroatoms. The van der Waals surface area contributed by atoms with E-state index in [0.717, 1.165) is 17.1 Å². The molecule has 0 fully saturated rings. The number of aliphatic carboxylic acids is 1. The van der Waals surface area contributed by atoms with Crippen molar-refractivity contribution in [1.29, 1.82) is 0 Å². The Labute approximate surface area is 159 Å². The molecule has 0 saturated heterocycles. The monoisotopic (exact) mass is 358 g/mol. The van der Waals surface area contributed by atoms with Crippen LogP contribution in [0.2, 0.25) is 0 Å². The van der Waals surface area contributed by atoms with E-state index in [-0.39, 0.29) is 5.70 Å². The number of hydrogen-bond donors (Lipinski definition) is 2. The van der Waals surface area contributed by atoms with Crippen LogP contribution in [-0.4, -0.2) is 11.1 Å². The van der Waals surface area contributed by atoms with Crippen molar-refractivity contribution in [3.8, 4) is 0 Å². The van der Waals surface area contributed by atoms with Crippen LogP contribution in [0.25, 0.3) is 0 Å². The van der Waals surface area contributed by atoms with Crippen molar-refractivity contribution in [2.75, 3.05) is 10.2 Å². The zero-order chi connectivity index (χ0) is 19.1. The number of nitrogens with zero attached hydrogens (tertiary/aromatic N) is 1. The number of carbonyl (C=O) groups is 1. The van der Waals surface area contributed by atoms with Gasteiger partial charge in [0.2, 0.25) is 0 Å². The van der Waals surface area contributed by atoms with Crippen molar-refractivity contribution in [3.63, 3.8) is 0 Å². The topological polar surface area (TPSA) is 52.6 Å². The van der Waals surface area contributed by atoms with Gasteiger partial charge in [0.1, 0.15) is 5.70 Å². The first-order chi connectivity index (χ1) is 13.2. The summed E-state index contributed by atoms with van der Waals surface area (Å²) in [6.07, 6.45) is 0.547. The second-order valence-corrected chi connectivity index (χ2v) is 5.98. The van der Waals surface area contributed by atoms with Gasteiger partial charge in [-0.1, -0.05) is 61.5 Å². The number of hydrogen-bond acceptors (Lipinski definition) is 3. The molecule has 0 spiro atoms. The molecule has 3 aromatic carbocycles. The van der Waals surface area contributed by atoms with Crippen molar-refractivity contribution in [2.24, 2.45) is 0 Å². The van der Waals surface area contributed by atoms with Crippen LogP contribution in [0.15, 0.2) is 102 Å². The molecule has 27 heavy (non-hydrogen) atoms. The molecule has 0 aliphatic heterocycles. The number of carboxylic acids is 1. The molecule has 3 rings (SSSR count). The van der Waals surface area contributed by atoms with Gasteiger partial charge in [-0.15, -0.1) is 0 Å². The van der Waals surface area contributed by atoms with E-state index in [1.54, 1.807) is 0 Å². The molecule has 0 amide bonds. The molecular weight excluding hydrogens is 336 g/mol. The minimum atomic E-state index is -0.993. The van der Waals surface area contributed by atoms with E-state index in [4.69, 9.17) is 0 Å². The Kier molecular flexibility index (Phi) is 5.90. The van der Waals surface area contributed by atoms with Gasteiger partial charge in [-0.05, 0) is 42.8 Å². The third-order valence-electron chi connectivity index (χ3n) is 4.18. The van der Waals surface area contributed by atoms with Gasteiger partial charge in [0.25, 0.3) is 0 Å². The Morgan fingerprint density at radius 3 is 1.67 bits per heavy atom. The third kappa shape index (κ3) is 4.36. The lowest BCUT2D eigenvalue weighted by molar-refractivity contribution is -0.132. The largest absolute Gasteiger partial charge is 0.477 e. The van der Waals surface area contributed by atoms with Crippen LogP contribution in [0.4, 0.5) is 17.1 Å². The smallest absolute Gasteiger partial charge is 0.354 e. The highest BCUT2D eigenvalue weighted by Crippen LogP contribution is 2.32. The van der Waals surface area contributed by atoms with E-state index in [0.29, 0.717) is 12.1 Å². The molecule has 0 unspecified atom stereocenters. The van der Waals surface area contributed by atoms with Crippen LogP contribution in [-0.2, 0) is 4.79 Å². The molecular formula is C23H22N2O2. The molecule has 4 nitrogen and oxygen atoms in total. The summed E-state index contributed by atoms with van der Waals surface area (Å²) in [4.78, 5) is 14.1. The molecule has 0 heterocycles. The van der Waals surface area contributed by atoms with Gasteiger partial charge in [0.05, 0.1) is 5.70 Å². The highest BCUT2D eigenvalue weighted by atomic mass is 16.4. The summed E-state index contributed by atoms with van der Waals surface area (Å²) in [7, 11) is 0. The summed E-state index contributed by atoms with van der Waals surface area (Å²) in [6.45, 7) is 1.96. The fraction of sp³-hybridized carbons (Fsp3) is 0.0870. The quantitative estimate of drug-likeness (QED) is 0.536. The Bertz CT molecular complexity index is 867. The fourth-order valence-corrected chi connectivity index (χ4v) is 2.98. The van der Waals surface area contributed by atoms with Crippen LogP contribution in [0.3, 0.4) is 0 Å². The van der Waals surface area contributed by atoms with E-state index in [2.05, 4.69) is 5.32 Å². The number of rotatable bonds is 7. The maximum absolute atomic E-state index is 12.1. The minimum Gasteiger partial charge on any atom is -0.477 e. The lowest BCUT2D eigenvalue weighted by Crippen LogP contribution is -2.24. The highest BCUT2D eigenvalue weighted by Gasteiger charge is 2.21. The SMILES string of the molecule is CCC(=C(Nc1ccccc1)C(=O)O)N(c1ccccc1)c1ccccc1. The molecule has 0 saturated carbocycles. The average Bonchev–Trinajstić information content (AvgIpc) is 2.72. The number of carboxylic acid groups (broad SMARTS) is 1. The van der Waals surface area contributed by atoms with Gasteiger partial charge in [0.15, 0.2) is 0 Å². The molecule has 0 radical (unpaired) electrons. The predicted molar refractivity (Wildman–Crippen MR) is 110 cm³/mol. The van der Waals surface area contributed by atoms with Gasteiger partial charge in [-0.3, -0.25) is 0 Å². The number of allylic oxidation sites excluding steroid dienone is 1. The number of anilines is 3. The van der Waals surface area contributed by atoms with Gasteiger partial charge in [0, 0.05) is 17.1 Å². The van der Waals surface area contributed by atoms with Crippen LogP contribution < -0.4 is 10.2 Å². The maximum atomic E-state index is 12.1. The lowest BCUT2D eigenvalue weighted by atomic mass is 10.1. The number of nitrogens with one attached hydrogen (secondary N) is 1. The summed E-state index contributed by atoms with van der Waals surface area (Å²) < 4.78 is 0. The van der Waals surface area contributed by atoms with Crippen molar-refractivity contribution >= 4 is 23.0 Å². The van der Waals surface area contributed by atoms with E-state index in [9.17, 15) is 9.90 Å². The molecule has 3 aromatic rings. The first-order valence-electron chi connectivity index (χ1n) is 8.89. The summed E-state index contributed by atoms with van der Waals surface area (Å²) >= 11 is 0. The summed E-state index contributed by atoms with van der Waals surface area (Å²) in [5.74, 6) is -0.993. The highest BCUT2D eigenvalue weighted by molar-refractivity contribution is 5.93. The number of benzene rings is 3. The van der Waals surface area contributed by atoms with Crippen LogP contribution in [0.1, 0.15) is 13.3 Å². The first-order valence-corrected chi connectivity index (χ1v) is 8.89. The second-order valence-electron chi connectivity index (χ2n) is 5.98. The average molecular weight is 358 g/mol. The molecule has 2 N–H and O–H groups in total. The zero-order valence-corrected chi connectivity index (χ0v) is 15.2.